The minimum atomic E-state index is -0.708. The van der Waals surface area contributed by atoms with E-state index >= 15 is 0 Å². The molecule has 30 heavy (non-hydrogen) atoms. The lowest BCUT2D eigenvalue weighted by Gasteiger charge is -2.24. The highest BCUT2D eigenvalue weighted by Gasteiger charge is 2.31. The summed E-state index contributed by atoms with van der Waals surface area (Å²) >= 11 is 1.57. The molecular formula is C22H15FN4O2S. The van der Waals surface area contributed by atoms with Crippen LogP contribution in [0.5, 0.6) is 0 Å². The number of para-hydroxylation sites is 1. The number of carbonyl (C=O) groups is 2. The first-order chi connectivity index (χ1) is 14.6. The number of anilines is 2. The molecule has 2 aromatic carbocycles. The normalized spacial score (nSPS) is 15.5. The number of nitrogens with zero attached hydrogens (tertiary/aromatic N) is 2. The molecule has 1 aliphatic heterocycles. The van der Waals surface area contributed by atoms with Gasteiger partial charge in [0.15, 0.2) is 0 Å². The molecule has 4 aromatic rings. The minimum Gasteiger partial charge on any atom is -0.326 e. The Morgan fingerprint density at radius 3 is 2.83 bits per heavy atom. The van der Waals surface area contributed by atoms with E-state index in [1.807, 2.05) is 30.3 Å². The van der Waals surface area contributed by atoms with Crippen LogP contribution in [0.2, 0.25) is 0 Å². The average molecular weight is 418 g/mol. The SMILES string of the molecule is O=C1CC(C(=O)Nc2ccc(-c3nc4ccccc4s3)cn2)c2ccc(F)cc2N1. The van der Waals surface area contributed by atoms with Gasteiger partial charge in [-0.1, -0.05) is 18.2 Å². The number of halogens is 1. The third kappa shape index (κ3) is 3.42. The Morgan fingerprint density at radius 2 is 2.03 bits per heavy atom. The summed E-state index contributed by atoms with van der Waals surface area (Å²) in [7, 11) is 0. The number of fused-ring (bicyclic) bond motifs is 2. The number of carbonyl (C=O) groups excluding carboxylic acids is 2. The highest BCUT2D eigenvalue weighted by Crippen LogP contribution is 2.34. The Hall–Kier alpha value is -3.65. The largest absolute Gasteiger partial charge is 0.326 e. The molecule has 5 rings (SSSR count). The zero-order valence-electron chi connectivity index (χ0n) is 15.6. The summed E-state index contributed by atoms with van der Waals surface area (Å²) in [6.07, 6.45) is 1.65. The van der Waals surface area contributed by atoms with E-state index in [9.17, 15) is 14.0 Å². The maximum Gasteiger partial charge on any atom is 0.233 e. The summed E-state index contributed by atoms with van der Waals surface area (Å²) in [4.78, 5) is 33.7. The van der Waals surface area contributed by atoms with E-state index in [1.54, 1.807) is 23.6 Å². The van der Waals surface area contributed by atoms with Gasteiger partial charge in [-0.15, -0.1) is 11.3 Å². The van der Waals surface area contributed by atoms with Gasteiger partial charge in [0.25, 0.3) is 0 Å². The predicted molar refractivity (Wildman–Crippen MR) is 114 cm³/mol. The molecule has 0 spiro atoms. The number of aromatic nitrogens is 2. The van der Waals surface area contributed by atoms with Crippen LogP contribution in [0.3, 0.4) is 0 Å². The van der Waals surface area contributed by atoms with Gasteiger partial charge >= 0.3 is 0 Å². The lowest BCUT2D eigenvalue weighted by molar-refractivity contribution is -0.123. The molecule has 1 atom stereocenters. The van der Waals surface area contributed by atoms with Crippen molar-refractivity contribution >= 4 is 44.9 Å². The summed E-state index contributed by atoms with van der Waals surface area (Å²) < 4.78 is 14.6. The number of amides is 2. The van der Waals surface area contributed by atoms with Gasteiger partial charge in [-0.3, -0.25) is 9.59 Å². The molecule has 1 aliphatic rings. The second-order valence-corrected chi connectivity index (χ2v) is 7.98. The fourth-order valence-corrected chi connectivity index (χ4v) is 4.43. The van der Waals surface area contributed by atoms with Crippen molar-refractivity contribution in [3.63, 3.8) is 0 Å². The quantitative estimate of drug-likeness (QED) is 0.511. The standard InChI is InChI=1S/C22H15FN4O2S/c23-13-6-7-14-15(10-20(28)25-17(14)9-13)21(29)27-19-8-5-12(11-24-19)22-26-16-3-1-2-4-18(16)30-22/h1-9,11,15H,10H2,(H,25,28)(H,24,27,29). The van der Waals surface area contributed by atoms with Crippen LogP contribution >= 0.6 is 11.3 Å². The van der Waals surface area contributed by atoms with Gasteiger partial charge in [-0.2, -0.15) is 0 Å². The fourth-order valence-electron chi connectivity index (χ4n) is 3.47. The number of benzene rings is 2. The van der Waals surface area contributed by atoms with Crippen LogP contribution in [0.4, 0.5) is 15.9 Å². The lowest BCUT2D eigenvalue weighted by atomic mass is 9.89. The Labute approximate surface area is 174 Å². The van der Waals surface area contributed by atoms with Crippen molar-refractivity contribution in [1.82, 2.24) is 9.97 Å². The van der Waals surface area contributed by atoms with Crippen LogP contribution in [0.25, 0.3) is 20.8 Å². The second kappa shape index (κ2) is 7.31. The molecule has 2 N–H and O–H groups in total. The van der Waals surface area contributed by atoms with Crippen LogP contribution in [0.15, 0.2) is 60.8 Å². The monoisotopic (exact) mass is 418 g/mol. The minimum absolute atomic E-state index is 0.00570. The third-order valence-corrected chi connectivity index (χ3v) is 6.01. The Kier molecular flexibility index (Phi) is 4.48. The van der Waals surface area contributed by atoms with Gasteiger partial charge in [0.1, 0.15) is 16.6 Å². The number of hydrogen-bond donors (Lipinski definition) is 2. The summed E-state index contributed by atoms with van der Waals surface area (Å²) in [6, 6.07) is 15.5. The van der Waals surface area contributed by atoms with E-state index in [4.69, 9.17) is 0 Å². The highest BCUT2D eigenvalue weighted by atomic mass is 32.1. The number of nitrogens with one attached hydrogen (secondary N) is 2. The molecule has 0 bridgehead atoms. The molecule has 0 fully saturated rings. The van der Waals surface area contributed by atoms with Crippen molar-refractivity contribution in [3.05, 3.63) is 72.2 Å². The van der Waals surface area contributed by atoms with Crippen LogP contribution in [0.1, 0.15) is 17.9 Å². The topological polar surface area (TPSA) is 84.0 Å². The Balaban J connectivity index is 1.36. The van der Waals surface area contributed by atoms with E-state index in [0.717, 1.165) is 20.8 Å². The molecular weight excluding hydrogens is 403 g/mol. The first-order valence-electron chi connectivity index (χ1n) is 9.29. The van der Waals surface area contributed by atoms with Gasteiger partial charge in [0, 0.05) is 23.9 Å². The lowest BCUT2D eigenvalue weighted by Crippen LogP contribution is -2.31. The number of hydrogen-bond acceptors (Lipinski definition) is 5. The maximum atomic E-state index is 13.5. The van der Waals surface area contributed by atoms with E-state index in [-0.39, 0.29) is 18.2 Å². The van der Waals surface area contributed by atoms with Gasteiger partial charge in [0.05, 0.1) is 16.1 Å². The van der Waals surface area contributed by atoms with Crippen molar-refractivity contribution in [3.8, 4) is 10.6 Å². The number of pyridine rings is 1. The first-order valence-corrected chi connectivity index (χ1v) is 10.1. The number of thiazole rings is 1. The molecule has 1 unspecified atom stereocenters. The zero-order chi connectivity index (χ0) is 20.7. The van der Waals surface area contributed by atoms with E-state index in [2.05, 4.69) is 20.6 Å². The third-order valence-electron chi connectivity index (χ3n) is 4.93. The highest BCUT2D eigenvalue weighted by molar-refractivity contribution is 7.21. The maximum absolute atomic E-state index is 13.5. The summed E-state index contributed by atoms with van der Waals surface area (Å²) in [5.74, 6) is -1.49. The van der Waals surface area contributed by atoms with Crippen molar-refractivity contribution < 1.29 is 14.0 Å². The molecule has 8 heteroatoms. The number of rotatable bonds is 3. The van der Waals surface area contributed by atoms with Crippen LogP contribution in [-0.2, 0) is 9.59 Å². The van der Waals surface area contributed by atoms with Crippen LogP contribution < -0.4 is 10.6 Å². The zero-order valence-corrected chi connectivity index (χ0v) is 16.4. The molecule has 2 amide bonds. The first kappa shape index (κ1) is 18.4. The molecule has 0 saturated carbocycles. The molecule has 2 aromatic heterocycles. The van der Waals surface area contributed by atoms with Crippen molar-refractivity contribution in [2.75, 3.05) is 10.6 Å². The molecule has 0 aliphatic carbocycles. The fraction of sp³-hybridized carbons (Fsp3) is 0.0909. The van der Waals surface area contributed by atoms with Gasteiger partial charge in [-0.05, 0) is 42.0 Å². The van der Waals surface area contributed by atoms with E-state index in [0.29, 0.717) is 17.1 Å². The van der Waals surface area contributed by atoms with E-state index < -0.39 is 11.7 Å². The van der Waals surface area contributed by atoms with Crippen molar-refractivity contribution in [2.24, 2.45) is 0 Å². The van der Waals surface area contributed by atoms with Crippen molar-refractivity contribution in [2.45, 2.75) is 12.3 Å². The predicted octanol–water partition coefficient (Wildman–Crippen LogP) is 4.56. The van der Waals surface area contributed by atoms with Crippen LogP contribution in [-0.4, -0.2) is 21.8 Å². The van der Waals surface area contributed by atoms with Gasteiger partial charge in [0.2, 0.25) is 11.8 Å². The molecule has 148 valence electrons. The second-order valence-electron chi connectivity index (χ2n) is 6.94. The Bertz CT molecular complexity index is 1250. The smallest absolute Gasteiger partial charge is 0.233 e. The summed E-state index contributed by atoms with van der Waals surface area (Å²) in [6.45, 7) is 0. The summed E-state index contributed by atoms with van der Waals surface area (Å²) in [5.41, 5.74) is 2.69. The van der Waals surface area contributed by atoms with E-state index in [1.165, 1.54) is 18.2 Å². The summed E-state index contributed by atoms with van der Waals surface area (Å²) in [5, 5.41) is 6.21. The Morgan fingerprint density at radius 1 is 1.17 bits per heavy atom. The average Bonchev–Trinajstić information content (AvgIpc) is 3.17. The molecule has 3 heterocycles. The molecule has 6 nitrogen and oxygen atoms in total. The van der Waals surface area contributed by atoms with Crippen LogP contribution in [0, 0.1) is 5.82 Å². The van der Waals surface area contributed by atoms with Gasteiger partial charge < -0.3 is 10.6 Å². The van der Waals surface area contributed by atoms with Gasteiger partial charge in [-0.25, -0.2) is 14.4 Å². The van der Waals surface area contributed by atoms with Crippen molar-refractivity contribution in [1.29, 1.82) is 0 Å². The molecule has 0 saturated heterocycles. The molecule has 0 radical (unpaired) electrons.